The Balaban J connectivity index is 1.50. The monoisotopic (exact) mass is 428 g/mol. The SMILES string of the molecule is CCn1c(SCC(=O)Nc2ccc(F)cc2F)nnc1-c1ccc2ncn(C)c2c1. The molecule has 10 heteroatoms. The van der Waals surface area contributed by atoms with E-state index in [1.54, 1.807) is 6.33 Å². The van der Waals surface area contributed by atoms with Crippen LogP contribution in [0, 0.1) is 11.6 Å². The van der Waals surface area contributed by atoms with Gasteiger partial charge >= 0.3 is 0 Å². The Hall–Kier alpha value is -3.27. The van der Waals surface area contributed by atoms with Crippen LogP contribution in [-0.4, -0.2) is 36.0 Å². The van der Waals surface area contributed by atoms with Gasteiger partial charge in [0.1, 0.15) is 11.6 Å². The van der Waals surface area contributed by atoms with Crippen LogP contribution >= 0.6 is 11.8 Å². The van der Waals surface area contributed by atoms with Crippen molar-refractivity contribution in [3.8, 4) is 11.4 Å². The van der Waals surface area contributed by atoms with Gasteiger partial charge in [0, 0.05) is 25.2 Å². The van der Waals surface area contributed by atoms with Gasteiger partial charge in [-0.25, -0.2) is 13.8 Å². The number of nitrogens with one attached hydrogen (secondary N) is 1. The summed E-state index contributed by atoms with van der Waals surface area (Å²) in [6, 6.07) is 8.86. The summed E-state index contributed by atoms with van der Waals surface area (Å²) >= 11 is 1.20. The summed E-state index contributed by atoms with van der Waals surface area (Å²) in [5.41, 5.74) is 2.70. The summed E-state index contributed by atoms with van der Waals surface area (Å²) < 4.78 is 30.5. The number of anilines is 1. The lowest BCUT2D eigenvalue weighted by molar-refractivity contribution is -0.113. The van der Waals surface area contributed by atoms with Gasteiger partial charge in [-0.05, 0) is 37.3 Å². The third-order valence-electron chi connectivity index (χ3n) is 4.55. The number of imidazole rings is 1. The molecule has 1 N–H and O–H groups in total. The minimum Gasteiger partial charge on any atom is -0.334 e. The number of halogens is 2. The van der Waals surface area contributed by atoms with Crippen LogP contribution < -0.4 is 5.32 Å². The van der Waals surface area contributed by atoms with Gasteiger partial charge in [-0.15, -0.1) is 10.2 Å². The first-order chi connectivity index (χ1) is 14.5. The van der Waals surface area contributed by atoms with E-state index in [9.17, 15) is 13.6 Å². The second-order valence-corrected chi connectivity index (χ2v) is 7.51. The van der Waals surface area contributed by atoms with Crippen molar-refractivity contribution in [2.45, 2.75) is 18.6 Å². The molecule has 0 aliphatic carbocycles. The molecule has 0 spiro atoms. The third kappa shape index (κ3) is 3.90. The second-order valence-electron chi connectivity index (χ2n) is 6.57. The largest absolute Gasteiger partial charge is 0.334 e. The number of aromatic nitrogens is 5. The van der Waals surface area contributed by atoms with Crippen LogP contribution in [0.1, 0.15) is 6.92 Å². The normalized spacial score (nSPS) is 11.2. The Morgan fingerprint density at radius 1 is 1.17 bits per heavy atom. The van der Waals surface area contributed by atoms with E-state index < -0.39 is 17.5 Å². The van der Waals surface area contributed by atoms with Gasteiger partial charge in [0.25, 0.3) is 0 Å². The van der Waals surface area contributed by atoms with Crippen LogP contribution in [0.3, 0.4) is 0 Å². The average Bonchev–Trinajstić information content (AvgIpc) is 3.31. The number of nitrogens with zero attached hydrogens (tertiary/aromatic N) is 5. The van der Waals surface area contributed by atoms with Gasteiger partial charge in [0.2, 0.25) is 5.91 Å². The maximum absolute atomic E-state index is 13.7. The molecule has 4 rings (SSSR count). The Bertz CT molecular complexity index is 1240. The summed E-state index contributed by atoms with van der Waals surface area (Å²) in [5.74, 6) is -1.25. The Labute approximate surface area is 175 Å². The van der Waals surface area contributed by atoms with Gasteiger partial charge in [-0.1, -0.05) is 11.8 Å². The van der Waals surface area contributed by atoms with Crippen molar-refractivity contribution in [1.29, 1.82) is 0 Å². The van der Waals surface area contributed by atoms with Gasteiger partial charge in [0.15, 0.2) is 11.0 Å². The molecule has 2 heterocycles. The highest BCUT2D eigenvalue weighted by Crippen LogP contribution is 2.26. The van der Waals surface area contributed by atoms with Crippen LogP contribution in [0.25, 0.3) is 22.4 Å². The van der Waals surface area contributed by atoms with Crippen LogP contribution in [0.5, 0.6) is 0 Å². The third-order valence-corrected chi connectivity index (χ3v) is 5.52. The average molecular weight is 428 g/mol. The van der Waals surface area contributed by atoms with Crippen LogP contribution in [0.2, 0.25) is 0 Å². The molecule has 0 aliphatic rings. The molecule has 0 aliphatic heterocycles. The Kier molecular flexibility index (Phi) is 5.49. The molecule has 4 aromatic rings. The van der Waals surface area contributed by atoms with Crippen LogP contribution in [-0.2, 0) is 18.4 Å². The van der Waals surface area contributed by atoms with Gasteiger partial charge in [0.05, 0.1) is 28.8 Å². The molecule has 30 heavy (non-hydrogen) atoms. The minimum absolute atomic E-state index is 0.00964. The predicted octanol–water partition coefficient (Wildman–Crippen LogP) is 3.86. The molecule has 1 amide bonds. The zero-order chi connectivity index (χ0) is 21.3. The zero-order valence-electron chi connectivity index (χ0n) is 16.3. The van der Waals surface area contributed by atoms with Crippen molar-refractivity contribution < 1.29 is 13.6 Å². The molecule has 154 valence electrons. The molecule has 0 bridgehead atoms. The first kappa shape index (κ1) is 20.0. The first-order valence-electron chi connectivity index (χ1n) is 9.18. The summed E-state index contributed by atoms with van der Waals surface area (Å²) in [6.07, 6.45) is 1.75. The lowest BCUT2D eigenvalue weighted by Crippen LogP contribution is -2.15. The topological polar surface area (TPSA) is 77.6 Å². The number of thioether (sulfide) groups is 1. The lowest BCUT2D eigenvalue weighted by Gasteiger charge is -2.08. The van der Waals surface area contributed by atoms with E-state index in [4.69, 9.17) is 0 Å². The molecule has 0 saturated heterocycles. The second kappa shape index (κ2) is 8.23. The van der Waals surface area contributed by atoms with E-state index in [-0.39, 0.29) is 11.4 Å². The van der Waals surface area contributed by atoms with Crippen LogP contribution in [0.4, 0.5) is 14.5 Å². The fraction of sp³-hybridized carbons (Fsp3) is 0.200. The quantitative estimate of drug-likeness (QED) is 0.472. The number of benzene rings is 2. The van der Waals surface area contributed by atoms with E-state index in [0.29, 0.717) is 17.5 Å². The number of carbonyl (C=O) groups excluding carboxylic acids is 1. The molecule has 7 nitrogen and oxygen atoms in total. The molecule has 2 aromatic carbocycles. The number of hydrogen-bond donors (Lipinski definition) is 1. The highest BCUT2D eigenvalue weighted by atomic mass is 32.2. The maximum atomic E-state index is 13.7. The Morgan fingerprint density at radius 2 is 2.00 bits per heavy atom. The molecule has 0 saturated carbocycles. The van der Waals surface area contributed by atoms with E-state index in [0.717, 1.165) is 28.7 Å². The van der Waals surface area contributed by atoms with E-state index in [1.807, 2.05) is 41.3 Å². The molecular formula is C20H18F2N6OS. The summed E-state index contributed by atoms with van der Waals surface area (Å²) in [7, 11) is 1.92. The van der Waals surface area contributed by atoms with Gasteiger partial charge in [-0.2, -0.15) is 0 Å². The fourth-order valence-corrected chi connectivity index (χ4v) is 3.87. The molecule has 0 radical (unpaired) electrons. The number of carbonyl (C=O) groups is 1. The number of amides is 1. The number of hydrogen-bond acceptors (Lipinski definition) is 5. The lowest BCUT2D eigenvalue weighted by atomic mass is 10.2. The predicted molar refractivity (Wildman–Crippen MR) is 111 cm³/mol. The minimum atomic E-state index is -0.821. The molecule has 2 aromatic heterocycles. The number of fused-ring (bicyclic) bond motifs is 1. The van der Waals surface area contributed by atoms with E-state index in [2.05, 4.69) is 20.5 Å². The van der Waals surface area contributed by atoms with Crippen molar-refractivity contribution in [2.75, 3.05) is 11.1 Å². The summed E-state index contributed by atoms with van der Waals surface area (Å²) in [6.45, 7) is 2.58. The molecule has 0 fully saturated rings. The van der Waals surface area contributed by atoms with Crippen molar-refractivity contribution in [3.05, 3.63) is 54.4 Å². The van der Waals surface area contributed by atoms with E-state index >= 15 is 0 Å². The standard InChI is InChI=1S/C20H18F2N6OS/c1-3-28-19(12-4-6-16-17(8-12)27(2)11-23-16)25-26-20(28)30-10-18(29)24-15-7-5-13(21)9-14(15)22/h4-9,11H,3,10H2,1-2H3,(H,24,29). The smallest absolute Gasteiger partial charge is 0.234 e. The number of aryl methyl sites for hydroxylation is 1. The summed E-state index contributed by atoms with van der Waals surface area (Å²) in [5, 5.41) is 11.5. The van der Waals surface area contributed by atoms with Crippen molar-refractivity contribution in [1.82, 2.24) is 24.3 Å². The van der Waals surface area contributed by atoms with Gasteiger partial charge in [-0.3, -0.25) is 4.79 Å². The molecule has 0 atom stereocenters. The number of rotatable bonds is 6. The maximum Gasteiger partial charge on any atom is 0.234 e. The summed E-state index contributed by atoms with van der Waals surface area (Å²) in [4.78, 5) is 16.5. The van der Waals surface area contributed by atoms with Crippen molar-refractivity contribution in [3.63, 3.8) is 0 Å². The fourth-order valence-electron chi connectivity index (χ4n) is 3.07. The first-order valence-corrected chi connectivity index (χ1v) is 10.2. The Morgan fingerprint density at radius 3 is 2.77 bits per heavy atom. The van der Waals surface area contributed by atoms with Gasteiger partial charge < -0.3 is 14.5 Å². The van der Waals surface area contributed by atoms with Crippen molar-refractivity contribution in [2.24, 2.45) is 7.05 Å². The van der Waals surface area contributed by atoms with E-state index in [1.165, 1.54) is 17.8 Å². The highest BCUT2D eigenvalue weighted by Gasteiger charge is 2.16. The zero-order valence-corrected chi connectivity index (χ0v) is 17.1. The highest BCUT2D eigenvalue weighted by molar-refractivity contribution is 7.99. The molecule has 0 unspecified atom stereocenters. The van der Waals surface area contributed by atoms with Crippen LogP contribution in [0.15, 0.2) is 47.9 Å². The molecular weight excluding hydrogens is 410 g/mol. The van der Waals surface area contributed by atoms with Crippen molar-refractivity contribution >= 4 is 34.4 Å².